The number of likely N-dealkylation sites (tertiary alicyclic amines) is 1. The highest BCUT2D eigenvalue weighted by Crippen LogP contribution is 2.17. The van der Waals surface area contributed by atoms with Gasteiger partial charge in [0.25, 0.3) is 0 Å². The topological polar surface area (TPSA) is 91.0 Å². The van der Waals surface area contributed by atoms with Crippen molar-refractivity contribution in [3.63, 3.8) is 0 Å². The maximum absolute atomic E-state index is 11.9. The summed E-state index contributed by atoms with van der Waals surface area (Å²) < 4.78 is 0. The molecule has 4 N–H and O–H groups in total. The highest BCUT2D eigenvalue weighted by Gasteiger charge is 2.27. The van der Waals surface area contributed by atoms with Crippen molar-refractivity contribution in [2.45, 2.75) is 39.2 Å². The number of nitrogens with one attached hydrogen (secondary N) is 1. The van der Waals surface area contributed by atoms with Gasteiger partial charge in [0.15, 0.2) is 0 Å². The second kappa shape index (κ2) is 5.25. The maximum atomic E-state index is 11.9. The van der Waals surface area contributed by atoms with Crippen LogP contribution in [0.15, 0.2) is 5.16 Å². The van der Waals surface area contributed by atoms with E-state index in [4.69, 9.17) is 10.9 Å². The highest BCUT2D eigenvalue weighted by atomic mass is 16.4. The minimum absolute atomic E-state index is 0.0422. The third kappa shape index (κ3) is 4.13. The van der Waals surface area contributed by atoms with E-state index in [1.165, 1.54) is 0 Å². The molecule has 17 heavy (non-hydrogen) atoms. The lowest BCUT2D eigenvalue weighted by Crippen LogP contribution is -2.52. The molecule has 1 saturated heterocycles. The molecule has 0 bridgehead atoms. The molecule has 0 aromatic heterocycles. The molecule has 0 aromatic rings. The van der Waals surface area contributed by atoms with E-state index in [-0.39, 0.29) is 23.3 Å². The van der Waals surface area contributed by atoms with Gasteiger partial charge in [0.2, 0.25) is 0 Å². The van der Waals surface area contributed by atoms with Crippen LogP contribution in [-0.4, -0.2) is 40.6 Å². The van der Waals surface area contributed by atoms with Gasteiger partial charge in [-0.15, -0.1) is 0 Å². The van der Waals surface area contributed by atoms with Crippen molar-refractivity contribution < 1.29 is 10.0 Å². The molecule has 0 radical (unpaired) electrons. The minimum Gasteiger partial charge on any atom is -0.409 e. The van der Waals surface area contributed by atoms with Crippen LogP contribution in [0.25, 0.3) is 0 Å². The van der Waals surface area contributed by atoms with E-state index in [0.29, 0.717) is 6.54 Å². The monoisotopic (exact) mass is 242 g/mol. The van der Waals surface area contributed by atoms with E-state index in [1.807, 2.05) is 20.8 Å². The van der Waals surface area contributed by atoms with Crippen LogP contribution in [-0.2, 0) is 0 Å². The Hall–Kier alpha value is -1.46. The lowest BCUT2D eigenvalue weighted by molar-refractivity contribution is 0.169. The van der Waals surface area contributed by atoms with Crippen molar-refractivity contribution in [2.75, 3.05) is 13.1 Å². The molecule has 0 spiro atoms. The summed E-state index contributed by atoms with van der Waals surface area (Å²) in [6, 6.07) is -0.0899. The van der Waals surface area contributed by atoms with Crippen LogP contribution >= 0.6 is 0 Å². The van der Waals surface area contributed by atoms with E-state index >= 15 is 0 Å². The first-order chi connectivity index (χ1) is 7.83. The number of piperidine rings is 1. The van der Waals surface area contributed by atoms with Crippen molar-refractivity contribution in [3.05, 3.63) is 0 Å². The van der Waals surface area contributed by atoms with Gasteiger partial charge in [-0.3, -0.25) is 0 Å². The number of carbonyl (C=O) groups is 1. The predicted molar refractivity (Wildman–Crippen MR) is 66.0 cm³/mol. The first kappa shape index (κ1) is 13.6. The lowest BCUT2D eigenvalue weighted by Gasteiger charge is -2.34. The fourth-order valence-corrected chi connectivity index (χ4v) is 1.88. The maximum Gasteiger partial charge on any atom is 0.317 e. The molecule has 2 amide bonds. The number of hydrogen-bond donors (Lipinski definition) is 3. The Bertz CT molecular complexity index is 309. The van der Waals surface area contributed by atoms with Crippen molar-refractivity contribution in [2.24, 2.45) is 16.8 Å². The van der Waals surface area contributed by atoms with Gasteiger partial charge in [0, 0.05) is 24.5 Å². The van der Waals surface area contributed by atoms with Gasteiger partial charge in [-0.25, -0.2) is 4.79 Å². The molecule has 6 heteroatoms. The number of carbonyl (C=O) groups excluding carboxylic acids is 1. The molecule has 6 nitrogen and oxygen atoms in total. The number of urea groups is 1. The number of amides is 2. The Balaban J connectivity index is 2.58. The first-order valence-corrected chi connectivity index (χ1v) is 5.88. The second-order valence-corrected chi connectivity index (χ2v) is 5.49. The second-order valence-electron chi connectivity index (χ2n) is 5.49. The zero-order valence-electron chi connectivity index (χ0n) is 10.7. The number of nitrogens with zero attached hydrogens (tertiary/aromatic N) is 2. The predicted octanol–water partition coefficient (Wildman–Crippen LogP) is 0.953. The number of hydrogen-bond acceptors (Lipinski definition) is 3. The zero-order chi connectivity index (χ0) is 13.1. The number of rotatable bonds is 1. The van der Waals surface area contributed by atoms with E-state index in [9.17, 15) is 4.79 Å². The summed E-state index contributed by atoms with van der Waals surface area (Å²) in [7, 11) is 0. The SMILES string of the molecule is CC(C)(C)NC(=O)N1CCCC(C(N)=NO)C1. The van der Waals surface area contributed by atoms with Gasteiger partial charge in [-0.1, -0.05) is 5.16 Å². The highest BCUT2D eigenvalue weighted by molar-refractivity contribution is 5.83. The molecule has 1 unspecified atom stereocenters. The van der Waals surface area contributed by atoms with Crippen LogP contribution in [0.3, 0.4) is 0 Å². The summed E-state index contributed by atoms with van der Waals surface area (Å²) in [6.07, 6.45) is 1.73. The van der Waals surface area contributed by atoms with Gasteiger partial charge in [0.1, 0.15) is 5.84 Å². The fraction of sp³-hybridized carbons (Fsp3) is 0.818. The molecule has 1 rings (SSSR count). The van der Waals surface area contributed by atoms with E-state index < -0.39 is 0 Å². The molecule has 1 fully saturated rings. The summed E-state index contributed by atoms with van der Waals surface area (Å²) in [4.78, 5) is 13.7. The van der Waals surface area contributed by atoms with Crippen LogP contribution in [0, 0.1) is 5.92 Å². The number of oxime groups is 1. The smallest absolute Gasteiger partial charge is 0.317 e. The third-order valence-corrected chi connectivity index (χ3v) is 2.72. The third-order valence-electron chi connectivity index (χ3n) is 2.72. The molecular weight excluding hydrogens is 220 g/mol. The summed E-state index contributed by atoms with van der Waals surface area (Å²) >= 11 is 0. The quantitative estimate of drug-likeness (QED) is 0.277. The van der Waals surface area contributed by atoms with Crippen molar-refractivity contribution in [1.82, 2.24) is 10.2 Å². The molecule has 0 saturated carbocycles. The van der Waals surface area contributed by atoms with E-state index in [1.54, 1.807) is 4.90 Å². The largest absolute Gasteiger partial charge is 0.409 e. The molecule has 0 aliphatic carbocycles. The van der Waals surface area contributed by atoms with Gasteiger partial charge >= 0.3 is 6.03 Å². The first-order valence-electron chi connectivity index (χ1n) is 5.88. The van der Waals surface area contributed by atoms with Crippen LogP contribution in [0.1, 0.15) is 33.6 Å². The molecule has 1 aliphatic rings. The Morgan fingerprint density at radius 2 is 2.18 bits per heavy atom. The summed E-state index contributed by atoms with van der Waals surface area (Å²) in [5, 5.41) is 14.6. The Morgan fingerprint density at radius 1 is 1.53 bits per heavy atom. The van der Waals surface area contributed by atoms with Crippen molar-refractivity contribution in [1.29, 1.82) is 0 Å². The van der Waals surface area contributed by atoms with Crippen LogP contribution in [0.4, 0.5) is 4.79 Å². The zero-order valence-corrected chi connectivity index (χ0v) is 10.7. The number of nitrogens with two attached hydrogens (primary N) is 1. The minimum atomic E-state index is -0.249. The molecule has 1 aliphatic heterocycles. The average molecular weight is 242 g/mol. The van der Waals surface area contributed by atoms with Crippen molar-refractivity contribution in [3.8, 4) is 0 Å². The summed E-state index contributed by atoms with van der Waals surface area (Å²) in [5.74, 6) is 0.165. The lowest BCUT2D eigenvalue weighted by atomic mass is 9.97. The van der Waals surface area contributed by atoms with Gasteiger partial charge < -0.3 is 21.2 Å². The average Bonchev–Trinajstić information content (AvgIpc) is 2.26. The van der Waals surface area contributed by atoms with Crippen LogP contribution < -0.4 is 11.1 Å². The van der Waals surface area contributed by atoms with E-state index in [2.05, 4.69) is 10.5 Å². The van der Waals surface area contributed by atoms with E-state index in [0.717, 1.165) is 19.4 Å². The molecular formula is C11H22N4O2. The van der Waals surface area contributed by atoms with Gasteiger partial charge in [-0.2, -0.15) is 0 Å². The Kier molecular flexibility index (Phi) is 4.20. The molecule has 1 atom stereocenters. The summed E-state index contributed by atoms with van der Waals surface area (Å²) in [6.45, 7) is 7.05. The summed E-state index contributed by atoms with van der Waals surface area (Å²) in [5.41, 5.74) is 5.33. The standard InChI is InChI=1S/C11H22N4O2/c1-11(2,3)13-10(16)15-6-4-5-8(7-15)9(12)14-17/h8,17H,4-7H2,1-3H3,(H2,12,14)(H,13,16). The number of amidine groups is 1. The van der Waals surface area contributed by atoms with Gasteiger partial charge in [-0.05, 0) is 33.6 Å². The normalized spacial score (nSPS) is 22.4. The fourth-order valence-electron chi connectivity index (χ4n) is 1.88. The van der Waals surface area contributed by atoms with Crippen molar-refractivity contribution >= 4 is 11.9 Å². The van der Waals surface area contributed by atoms with Crippen LogP contribution in [0.5, 0.6) is 0 Å². The Morgan fingerprint density at radius 3 is 2.71 bits per heavy atom. The molecule has 1 heterocycles. The van der Waals surface area contributed by atoms with Crippen LogP contribution in [0.2, 0.25) is 0 Å². The van der Waals surface area contributed by atoms with Gasteiger partial charge in [0.05, 0.1) is 0 Å². The Labute approximate surface area is 102 Å². The molecule has 0 aromatic carbocycles. The molecule has 98 valence electrons.